The molecule has 1 aromatic rings. The summed E-state index contributed by atoms with van der Waals surface area (Å²) in [7, 11) is 0. The minimum atomic E-state index is 0.147. The average Bonchev–Trinajstić information content (AvgIpc) is 2.36. The van der Waals surface area contributed by atoms with Crippen LogP contribution < -0.4 is 10.5 Å². The van der Waals surface area contributed by atoms with Crippen molar-refractivity contribution in [3.05, 3.63) is 24.3 Å². The molecule has 1 saturated heterocycles. The van der Waals surface area contributed by atoms with Gasteiger partial charge in [0, 0.05) is 31.4 Å². The largest absolute Gasteiger partial charge is 0.491 e. The second-order valence-electron chi connectivity index (χ2n) is 5.53. The van der Waals surface area contributed by atoms with Crippen molar-refractivity contribution < 1.29 is 9.47 Å². The lowest BCUT2D eigenvalue weighted by Crippen LogP contribution is -2.46. The molecule has 4 nitrogen and oxygen atoms in total. The summed E-state index contributed by atoms with van der Waals surface area (Å²) in [4.78, 5) is 2.45. The van der Waals surface area contributed by atoms with Crippen LogP contribution in [0.2, 0.25) is 0 Å². The third kappa shape index (κ3) is 4.73. The molecule has 2 rings (SSSR count). The van der Waals surface area contributed by atoms with Gasteiger partial charge in [-0.15, -0.1) is 0 Å². The molecule has 0 aromatic heterocycles. The minimum absolute atomic E-state index is 0.147. The summed E-state index contributed by atoms with van der Waals surface area (Å²) in [5.41, 5.74) is 6.45. The van der Waals surface area contributed by atoms with Crippen LogP contribution in [0.15, 0.2) is 24.3 Å². The van der Waals surface area contributed by atoms with Crippen LogP contribution in [-0.4, -0.2) is 43.9 Å². The normalized spacial score (nSPS) is 20.7. The topological polar surface area (TPSA) is 47.7 Å². The zero-order valence-corrected chi connectivity index (χ0v) is 11.8. The van der Waals surface area contributed by atoms with Gasteiger partial charge in [0.1, 0.15) is 18.5 Å². The van der Waals surface area contributed by atoms with Crippen molar-refractivity contribution in [1.29, 1.82) is 0 Å². The quantitative estimate of drug-likeness (QED) is 0.826. The first-order valence-electron chi connectivity index (χ1n) is 6.96. The van der Waals surface area contributed by atoms with Crippen molar-refractivity contribution in [1.82, 2.24) is 4.90 Å². The van der Waals surface area contributed by atoms with E-state index in [9.17, 15) is 0 Å². The minimum Gasteiger partial charge on any atom is -0.491 e. The van der Waals surface area contributed by atoms with E-state index in [0.717, 1.165) is 37.7 Å². The number of nitrogens with two attached hydrogens (primary N) is 1. The molecule has 0 saturated carbocycles. The lowest BCUT2D eigenvalue weighted by Gasteiger charge is -2.33. The highest BCUT2D eigenvalue weighted by molar-refractivity contribution is 5.43. The van der Waals surface area contributed by atoms with Gasteiger partial charge in [-0.1, -0.05) is 19.9 Å². The summed E-state index contributed by atoms with van der Waals surface area (Å²) in [6.45, 7) is 8.95. The van der Waals surface area contributed by atoms with Crippen molar-refractivity contribution in [2.24, 2.45) is 5.92 Å². The number of morpholine rings is 1. The molecule has 1 fully saturated rings. The van der Waals surface area contributed by atoms with E-state index in [0.29, 0.717) is 12.5 Å². The molecule has 0 radical (unpaired) electrons. The zero-order valence-electron chi connectivity index (χ0n) is 11.8. The Kier molecular flexibility index (Phi) is 5.05. The zero-order chi connectivity index (χ0) is 13.7. The molecule has 0 spiro atoms. The first-order valence-corrected chi connectivity index (χ1v) is 6.96. The molecule has 4 heteroatoms. The average molecular weight is 264 g/mol. The van der Waals surface area contributed by atoms with Crippen LogP contribution in [0, 0.1) is 5.92 Å². The van der Waals surface area contributed by atoms with Gasteiger partial charge in [-0.2, -0.15) is 0 Å². The third-order valence-corrected chi connectivity index (χ3v) is 3.14. The fraction of sp³-hybridized carbons (Fsp3) is 0.600. The fourth-order valence-corrected chi connectivity index (χ4v) is 2.36. The molecular formula is C15H24N2O2. The summed E-state index contributed by atoms with van der Waals surface area (Å²) in [5, 5.41) is 0. The lowest BCUT2D eigenvalue weighted by molar-refractivity contribution is -0.0505. The Morgan fingerprint density at radius 3 is 3.05 bits per heavy atom. The number of rotatable bonds is 5. The van der Waals surface area contributed by atoms with Crippen molar-refractivity contribution in [3.63, 3.8) is 0 Å². The molecule has 106 valence electrons. The van der Waals surface area contributed by atoms with Crippen LogP contribution in [-0.2, 0) is 4.74 Å². The van der Waals surface area contributed by atoms with E-state index >= 15 is 0 Å². The number of hydrogen-bond acceptors (Lipinski definition) is 4. The van der Waals surface area contributed by atoms with Crippen molar-refractivity contribution in [2.75, 3.05) is 38.6 Å². The summed E-state index contributed by atoms with van der Waals surface area (Å²) in [5.74, 6) is 1.50. The van der Waals surface area contributed by atoms with Gasteiger partial charge in [-0.3, -0.25) is 4.90 Å². The molecule has 1 aliphatic heterocycles. The maximum Gasteiger partial charge on any atom is 0.121 e. The van der Waals surface area contributed by atoms with Crippen LogP contribution in [0.5, 0.6) is 5.75 Å². The van der Waals surface area contributed by atoms with Crippen LogP contribution in [0.1, 0.15) is 13.8 Å². The number of benzene rings is 1. The van der Waals surface area contributed by atoms with Crippen molar-refractivity contribution in [2.45, 2.75) is 20.0 Å². The Morgan fingerprint density at radius 1 is 1.47 bits per heavy atom. The van der Waals surface area contributed by atoms with E-state index in [1.54, 1.807) is 0 Å². The molecule has 1 heterocycles. The van der Waals surface area contributed by atoms with Crippen LogP contribution in [0.3, 0.4) is 0 Å². The lowest BCUT2D eigenvalue weighted by atomic mass is 10.2. The highest BCUT2D eigenvalue weighted by Gasteiger charge is 2.21. The molecule has 2 N–H and O–H groups in total. The molecule has 0 bridgehead atoms. The van der Waals surface area contributed by atoms with Crippen LogP contribution in [0.4, 0.5) is 5.69 Å². The van der Waals surface area contributed by atoms with Gasteiger partial charge in [-0.05, 0) is 18.1 Å². The molecule has 0 amide bonds. The fourth-order valence-electron chi connectivity index (χ4n) is 2.36. The van der Waals surface area contributed by atoms with Crippen molar-refractivity contribution in [3.8, 4) is 5.75 Å². The second kappa shape index (κ2) is 6.78. The maximum absolute atomic E-state index is 5.75. The number of anilines is 1. The van der Waals surface area contributed by atoms with E-state index in [-0.39, 0.29) is 6.10 Å². The van der Waals surface area contributed by atoms with E-state index in [1.807, 2.05) is 24.3 Å². The monoisotopic (exact) mass is 264 g/mol. The molecule has 1 atom stereocenters. The van der Waals surface area contributed by atoms with Crippen molar-refractivity contribution >= 4 is 5.69 Å². The summed E-state index contributed by atoms with van der Waals surface area (Å²) in [6, 6.07) is 7.52. The van der Waals surface area contributed by atoms with Gasteiger partial charge in [-0.25, -0.2) is 0 Å². The Morgan fingerprint density at radius 2 is 2.32 bits per heavy atom. The van der Waals surface area contributed by atoms with E-state index in [4.69, 9.17) is 15.2 Å². The summed E-state index contributed by atoms with van der Waals surface area (Å²) >= 11 is 0. The standard InChI is InChI=1S/C15H24N2O2/c1-12(2)9-17-6-7-18-15(10-17)11-19-14-5-3-4-13(16)8-14/h3-5,8,12,15H,6-7,9-11,16H2,1-2H3. The molecule has 1 aliphatic rings. The van der Waals surface area contributed by atoms with Gasteiger partial charge >= 0.3 is 0 Å². The number of nitrogen functional groups attached to an aromatic ring is 1. The highest BCUT2D eigenvalue weighted by atomic mass is 16.5. The highest BCUT2D eigenvalue weighted by Crippen LogP contribution is 2.16. The molecule has 1 aromatic carbocycles. The number of nitrogens with zero attached hydrogens (tertiary/aromatic N) is 1. The number of hydrogen-bond donors (Lipinski definition) is 1. The Bertz CT molecular complexity index is 395. The van der Waals surface area contributed by atoms with Gasteiger partial charge in [0.2, 0.25) is 0 Å². The third-order valence-electron chi connectivity index (χ3n) is 3.14. The molecule has 0 aliphatic carbocycles. The first kappa shape index (κ1) is 14.2. The van der Waals surface area contributed by atoms with Gasteiger partial charge in [0.25, 0.3) is 0 Å². The SMILES string of the molecule is CC(C)CN1CCOC(COc2cccc(N)c2)C1. The smallest absolute Gasteiger partial charge is 0.121 e. The van der Waals surface area contributed by atoms with E-state index < -0.39 is 0 Å². The van der Waals surface area contributed by atoms with Gasteiger partial charge < -0.3 is 15.2 Å². The predicted octanol–water partition coefficient (Wildman–Crippen LogP) is 2.00. The van der Waals surface area contributed by atoms with Gasteiger partial charge in [0.05, 0.1) is 6.61 Å². The predicted molar refractivity (Wildman–Crippen MR) is 77.4 cm³/mol. The maximum atomic E-state index is 5.75. The first-order chi connectivity index (χ1) is 9.13. The molecule has 19 heavy (non-hydrogen) atoms. The van der Waals surface area contributed by atoms with E-state index in [2.05, 4.69) is 18.7 Å². The second-order valence-corrected chi connectivity index (χ2v) is 5.53. The Labute approximate surface area is 115 Å². The number of ether oxygens (including phenoxy) is 2. The molecule has 1 unspecified atom stereocenters. The van der Waals surface area contributed by atoms with Gasteiger partial charge in [0.15, 0.2) is 0 Å². The van der Waals surface area contributed by atoms with Crippen LogP contribution >= 0.6 is 0 Å². The summed E-state index contributed by atoms with van der Waals surface area (Å²) in [6.07, 6.45) is 0.147. The Hall–Kier alpha value is -1.26. The molecular weight excluding hydrogens is 240 g/mol. The Balaban J connectivity index is 1.79. The van der Waals surface area contributed by atoms with E-state index in [1.165, 1.54) is 0 Å². The summed E-state index contributed by atoms with van der Waals surface area (Å²) < 4.78 is 11.5. The van der Waals surface area contributed by atoms with Crippen LogP contribution in [0.25, 0.3) is 0 Å².